The average Bonchev–Trinajstić information content (AvgIpc) is 3.02. The molecule has 2 rings (SSSR count). The summed E-state index contributed by atoms with van der Waals surface area (Å²) in [6.07, 6.45) is 5.29. The van der Waals surface area contributed by atoms with Crippen LogP contribution in [0, 0.1) is 6.92 Å². The molecule has 0 aliphatic heterocycles. The Morgan fingerprint density at radius 2 is 2.44 bits per heavy atom. The van der Waals surface area contributed by atoms with E-state index < -0.39 is 0 Å². The summed E-state index contributed by atoms with van der Waals surface area (Å²) >= 11 is 1.73. The molecule has 0 unspecified atom stereocenters. The molecule has 5 heteroatoms. The fraction of sp³-hybridized carbons (Fsp3) is 0.636. The number of aliphatic imine (C=N–C) groups is 1. The average molecular weight is 238 g/mol. The highest BCUT2D eigenvalue weighted by Gasteiger charge is 2.27. The van der Waals surface area contributed by atoms with Gasteiger partial charge in [0.25, 0.3) is 0 Å². The molecule has 1 heterocycles. The smallest absolute Gasteiger partial charge is 0.191 e. The lowest BCUT2D eigenvalue weighted by Gasteiger charge is -2.16. The van der Waals surface area contributed by atoms with Crippen molar-refractivity contribution in [1.82, 2.24) is 9.88 Å². The maximum atomic E-state index is 5.89. The SMILES string of the molecule is Cc1cnc(CCN=C(N)N(C)C2CC2)s1. The minimum atomic E-state index is 0.630. The van der Waals surface area contributed by atoms with Crippen LogP contribution in [0.1, 0.15) is 22.7 Å². The van der Waals surface area contributed by atoms with Crippen molar-refractivity contribution in [3.8, 4) is 0 Å². The third-order valence-corrected chi connectivity index (χ3v) is 3.70. The van der Waals surface area contributed by atoms with E-state index >= 15 is 0 Å². The van der Waals surface area contributed by atoms with Gasteiger partial charge in [0.2, 0.25) is 0 Å². The highest BCUT2D eigenvalue weighted by molar-refractivity contribution is 7.11. The summed E-state index contributed by atoms with van der Waals surface area (Å²) in [6, 6.07) is 0.630. The topological polar surface area (TPSA) is 54.5 Å². The number of rotatable bonds is 4. The van der Waals surface area contributed by atoms with E-state index in [2.05, 4.69) is 21.8 Å². The van der Waals surface area contributed by atoms with Crippen LogP contribution in [-0.2, 0) is 6.42 Å². The Kier molecular flexibility index (Phi) is 3.43. The number of hydrogen-bond acceptors (Lipinski definition) is 3. The quantitative estimate of drug-likeness (QED) is 0.637. The summed E-state index contributed by atoms with van der Waals surface area (Å²) < 4.78 is 0. The molecule has 0 amide bonds. The van der Waals surface area contributed by atoms with Crippen molar-refractivity contribution in [2.45, 2.75) is 32.2 Å². The third kappa shape index (κ3) is 2.95. The summed E-state index contributed by atoms with van der Waals surface area (Å²) in [4.78, 5) is 12.0. The Balaban J connectivity index is 1.79. The van der Waals surface area contributed by atoms with Crippen molar-refractivity contribution < 1.29 is 0 Å². The fourth-order valence-electron chi connectivity index (χ4n) is 1.54. The van der Waals surface area contributed by atoms with Crippen LogP contribution in [0.25, 0.3) is 0 Å². The number of nitrogens with zero attached hydrogens (tertiary/aromatic N) is 3. The van der Waals surface area contributed by atoms with Gasteiger partial charge in [-0.05, 0) is 19.8 Å². The van der Waals surface area contributed by atoms with Crippen LogP contribution in [0.15, 0.2) is 11.2 Å². The maximum Gasteiger partial charge on any atom is 0.191 e. The van der Waals surface area contributed by atoms with E-state index in [1.165, 1.54) is 17.7 Å². The summed E-state index contributed by atoms with van der Waals surface area (Å²) in [6.45, 7) is 2.80. The predicted molar refractivity (Wildman–Crippen MR) is 67.8 cm³/mol. The van der Waals surface area contributed by atoms with Crippen LogP contribution in [0.2, 0.25) is 0 Å². The molecule has 0 radical (unpaired) electrons. The largest absolute Gasteiger partial charge is 0.370 e. The molecule has 2 N–H and O–H groups in total. The van der Waals surface area contributed by atoms with Crippen LogP contribution < -0.4 is 5.73 Å². The van der Waals surface area contributed by atoms with E-state index in [0.717, 1.165) is 18.0 Å². The van der Waals surface area contributed by atoms with Gasteiger partial charge in [-0.1, -0.05) is 0 Å². The zero-order valence-corrected chi connectivity index (χ0v) is 10.6. The second kappa shape index (κ2) is 4.82. The minimum absolute atomic E-state index is 0.630. The van der Waals surface area contributed by atoms with Crippen molar-refractivity contribution in [2.75, 3.05) is 13.6 Å². The highest BCUT2D eigenvalue weighted by Crippen LogP contribution is 2.24. The molecule has 16 heavy (non-hydrogen) atoms. The van der Waals surface area contributed by atoms with Crippen molar-refractivity contribution in [3.63, 3.8) is 0 Å². The molecular weight excluding hydrogens is 220 g/mol. The van der Waals surface area contributed by atoms with Crippen molar-refractivity contribution >= 4 is 17.3 Å². The van der Waals surface area contributed by atoms with Crippen LogP contribution in [0.4, 0.5) is 0 Å². The summed E-state index contributed by atoms with van der Waals surface area (Å²) in [5, 5.41) is 1.14. The second-order valence-electron chi connectivity index (χ2n) is 4.20. The molecule has 0 atom stereocenters. The Morgan fingerprint density at radius 1 is 1.69 bits per heavy atom. The molecule has 1 aliphatic carbocycles. The summed E-state index contributed by atoms with van der Waals surface area (Å²) in [5.74, 6) is 0.663. The van der Waals surface area contributed by atoms with E-state index in [-0.39, 0.29) is 0 Å². The van der Waals surface area contributed by atoms with E-state index in [1.807, 2.05) is 13.2 Å². The first kappa shape index (κ1) is 11.4. The van der Waals surface area contributed by atoms with Crippen molar-refractivity contribution in [3.05, 3.63) is 16.1 Å². The van der Waals surface area contributed by atoms with Crippen LogP contribution in [0.5, 0.6) is 0 Å². The Hall–Kier alpha value is -1.10. The van der Waals surface area contributed by atoms with Crippen LogP contribution in [0.3, 0.4) is 0 Å². The number of aromatic nitrogens is 1. The maximum absolute atomic E-state index is 5.89. The number of thiazole rings is 1. The molecule has 0 spiro atoms. The lowest BCUT2D eigenvalue weighted by molar-refractivity contribution is 0.487. The monoisotopic (exact) mass is 238 g/mol. The molecule has 88 valence electrons. The number of guanidine groups is 1. The first-order valence-electron chi connectivity index (χ1n) is 5.61. The molecule has 1 saturated carbocycles. The zero-order valence-electron chi connectivity index (χ0n) is 9.81. The van der Waals surface area contributed by atoms with E-state index in [9.17, 15) is 0 Å². The van der Waals surface area contributed by atoms with Gasteiger partial charge in [-0.15, -0.1) is 11.3 Å². The van der Waals surface area contributed by atoms with E-state index in [1.54, 1.807) is 11.3 Å². The van der Waals surface area contributed by atoms with E-state index in [4.69, 9.17) is 5.73 Å². The third-order valence-electron chi connectivity index (χ3n) is 2.72. The Labute approximate surface area is 100 Å². The Bertz CT molecular complexity index is 381. The standard InChI is InChI=1S/C11H18N4S/c1-8-7-14-10(16-8)5-6-13-11(12)15(2)9-3-4-9/h7,9H,3-6H2,1-2H3,(H2,12,13). The molecule has 4 nitrogen and oxygen atoms in total. The summed E-state index contributed by atoms with van der Waals surface area (Å²) in [5.41, 5.74) is 5.89. The highest BCUT2D eigenvalue weighted by atomic mass is 32.1. The number of hydrogen-bond donors (Lipinski definition) is 1. The zero-order chi connectivity index (χ0) is 11.5. The van der Waals surface area contributed by atoms with Gasteiger partial charge in [-0.3, -0.25) is 4.99 Å². The molecule has 0 aromatic carbocycles. The van der Waals surface area contributed by atoms with Gasteiger partial charge in [-0.2, -0.15) is 0 Å². The normalized spacial score (nSPS) is 16.5. The second-order valence-corrected chi connectivity index (χ2v) is 5.52. The molecule has 1 aliphatic rings. The number of aryl methyl sites for hydroxylation is 1. The van der Waals surface area contributed by atoms with Gasteiger partial charge in [-0.25, -0.2) is 4.98 Å². The lowest BCUT2D eigenvalue weighted by atomic mass is 10.4. The molecule has 0 saturated heterocycles. The van der Waals surface area contributed by atoms with Gasteiger partial charge < -0.3 is 10.6 Å². The van der Waals surface area contributed by atoms with Gasteiger partial charge in [0.05, 0.1) is 5.01 Å². The van der Waals surface area contributed by atoms with Gasteiger partial charge in [0, 0.05) is 37.1 Å². The molecule has 1 fully saturated rings. The van der Waals surface area contributed by atoms with Crippen LogP contribution >= 0.6 is 11.3 Å². The van der Waals surface area contributed by atoms with E-state index in [0.29, 0.717) is 12.0 Å². The van der Waals surface area contributed by atoms with Gasteiger partial charge in [0.15, 0.2) is 5.96 Å². The molecular formula is C11H18N4S. The number of nitrogens with two attached hydrogens (primary N) is 1. The van der Waals surface area contributed by atoms with Gasteiger partial charge in [0.1, 0.15) is 0 Å². The molecule has 0 bridgehead atoms. The summed E-state index contributed by atoms with van der Waals surface area (Å²) in [7, 11) is 2.02. The van der Waals surface area contributed by atoms with Crippen LogP contribution in [-0.4, -0.2) is 35.5 Å². The lowest BCUT2D eigenvalue weighted by Crippen LogP contribution is -2.35. The minimum Gasteiger partial charge on any atom is -0.370 e. The Morgan fingerprint density at radius 3 is 3.00 bits per heavy atom. The predicted octanol–water partition coefficient (Wildman–Crippen LogP) is 1.40. The van der Waals surface area contributed by atoms with Crippen molar-refractivity contribution in [2.24, 2.45) is 10.7 Å². The van der Waals surface area contributed by atoms with Gasteiger partial charge >= 0.3 is 0 Å². The fourth-order valence-corrected chi connectivity index (χ4v) is 2.32. The first-order chi connectivity index (χ1) is 7.66. The van der Waals surface area contributed by atoms with Crippen molar-refractivity contribution in [1.29, 1.82) is 0 Å². The molecule has 1 aromatic rings. The first-order valence-corrected chi connectivity index (χ1v) is 6.42. The molecule has 1 aromatic heterocycles.